The summed E-state index contributed by atoms with van der Waals surface area (Å²) in [7, 11) is 3.79. The second kappa shape index (κ2) is 5.64. The molecule has 1 aromatic rings. The van der Waals surface area contributed by atoms with Crippen molar-refractivity contribution < 1.29 is 4.74 Å². The summed E-state index contributed by atoms with van der Waals surface area (Å²) in [5.41, 5.74) is 1.35. The van der Waals surface area contributed by atoms with Crippen molar-refractivity contribution in [3.63, 3.8) is 0 Å². The van der Waals surface area contributed by atoms with Gasteiger partial charge >= 0.3 is 0 Å². The highest BCUT2D eigenvalue weighted by atomic mass is 32.1. The van der Waals surface area contributed by atoms with Crippen molar-refractivity contribution in [2.45, 2.75) is 32.9 Å². The maximum Gasteiger partial charge on any atom is 0.0796 e. The zero-order chi connectivity index (χ0) is 11.4. The number of nitrogens with one attached hydrogen (secondary N) is 1. The van der Waals surface area contributed by atoms with E-state index in [1.54, 1.807) is 18.4 Å². The summed E-state index contributed by atoms with van der Waals surface area (Å²) in [6, 6.07) is 2.46. The molecule has 0 bridgehead atoms. The molecule has 0 spiro atoms. The molecule has 0 aliphatic carbocycles. The largest absolute Gasteiger partial charge is 0.379 e. The van der Waals surface area contributed by atoms with Crippen LogP contribution in [0.4, 0.5) is 0 Å². The molecule has 1 aromatic heterocycles. The molecule has 1 heterocycles. The second-order valence-electron chi connectivity index (χ2n) is 4.18. The highest BCUT2D eigenvalue weighted by Gasteiger charge is 2.26. The van der Waals surface area contributed by atoms with Crippen molar-refractivity contribution in [1.82, 2.24) is 5.32 Å². The first kappa shape index (κ1) is 12.7. The number of hydrogen-bond donors (Lipinski definition) is 1. The van der Waals surface area contributed by atoms with Crippen molar-refractivity contribution in [3.05, 3.63) is 21.9 Å². The predicted molar refractivity (Wildman–Crippen MR) is 66.5 cm³/mol. The monoisotopic (exact) mass is 227 g/mol. The number of hydrogen-bond acceptors (Lipinski definition) is 3. The number of methoxy groups -OCH3 is 1. The minimum atomic E-state index is 0.229. The molecule has 3 heteroatoms. The summed E-state index contributed by atoms with van der Waals surface area (Å²) in [5, 5.41) is 5.50. The van der Waals surface area contributed by atoms with Crippen LogP contribution >= 0.6 is 11.3 Å². The van der Waals surface area contributed by atoms with Crippen LogP contribution in [0.15, 0.2) is 11.4 Å². The molecule has 15 heavy (non-hydrogen) atoms. The molecule has 86 valence electrons. The Bertz CT molecular complexity index is 296. The van der Waals surface area contributed by atoms with Gasteiger partial charge in [-0.05, 0) is 36.9 Å². The van der Waals surface area contributed by atoms with E-state index in [9.17, 15) is 0 Å². The smallest absolute Gasteiger partial charge is 0.0796 e. The standard InChI is InChI=1S/C12H21NOS/c1-8(2)11(14-5)10(13-4)12-9(3)6-7-15-12/h6-8,10-11,13H,1-5H3. The van der Waals surface area contributed by atoms with Gasteiger partial charge in [0.1, 0.15) is 0 Å². The van der Waals surface area contributed by atoms with Crippen LogP contribution in [0.5, 0.6) is 0 Å². The van der Waals surface area contributed by atoms with E-state index < -0.39 is 0 Å². The molecule has 0 radical (unpaired) electrons. The van der Waals surface area contributed by atoms with E-state index in [2.05, 4.69) is 37.5 Å². The maximum absolute atomic E-state index is 5.59. The number of ether oxygens (including phenoxy) is 1. The molecule has 0 saturated carbocycles. The lowest BCUT2D eigenvalue weighted by atomic mass is 9.97. The molecule has 0 aliphatic rings. The third-order valence-corrected chi connectivity index (χ3v) is 3.85. The normalized spacial score (nSPS) is 15.6. The van der Waals surface area contributed by atoms with Gasteiger partial charge < -0.3 is 10.1 Å². The van der Waals surface area contributed by atoms with Crippen LogP contribution in [0.2, 0.25) is 0 Å². The minimum absolute atomic E-state index is 0.229. The zero-order valence-electron chi connectivity index (χ0n) is 10.2. The van der Waals surface area contributed by atoms with Crippen LogP contribution in [0.25, 0.3) is 0 Å². The fraction of sp³-hybridized carbons (Fsp3) is 0.667. The highest BCUT2D eigenvalue weighted by molar-refractivity contribution is 7.10. The van der Waals surface area contributed by atoms with Crippen LogP contribution in [-0.2, 0) is 4.74 Å². The second-order valence-corrected chi connectivity index (χ2v) is 5.13. The van der Waals surface area contributed by atoms with Gasteiger partial charge in [-0.25, -0.2) is 0 Å². The summed E-state index contributed by atoms with van der Waals surface area (Å²) >= 11 is 1.80. The maximum atomic E-state index is 5.59. The Morgan fingerprint density at radius 1 is 1.40 bits per heavy atom. The summed E-state index contributed by atoms with van der Waals surface area (Å²) in [6.45, 7) is 6.55. The Morgan fingerprint density at radius 3 is 2.40 bits per heavy atom. The lowest BCUT2D eigenvalue weighted by Gasteiger charge is -2.28. The van der Waals surface area contributed by atoms with E-state index in [0.717, 1.165) is 0 Å². The van der Waals surface area contributed by atoms with E-state index in [1.807, 2.05) is 7.05 Å². The number of aryl methyl sites for hydroxylation is 1. The van der Waals surface area contributed by atoms with Crippen molar-refractivity contribution in [1.29, 1.82) is 0 Å². The van der Waals surface area contributed by atoms with Gasteiger partial charge in [-0.15, -0.1) is 11.3 Å². The summed E-state index contributed by atoms with van der Waals surface area (Å²) in [5.74, 6) is 0.508. The van der Waals surface area contributed by atoms with Gasteiger partial charge in [-0.2, -0.15) is 0 Å². The molecule has 2 atom stereocenters. The van der Waals surface area contributed by atoms with Gasteiger partial charge in [0.15, 0.2) is 0 Å². The van der Waals surface area contributed by atoms with E-state index in [4.69, 9.17) is 4.74 Å². The Labute approximate surface area is 96.7 Å². The molecular formula is C12H21NOS. The van der Waals surface area contributed by atoms with Crippen LogP contribution < -0.4 is 5.32 Å². The van der Waals surface area contributed by atoms with Gasteiger partial charge in [-0.1, -0.05) is 13.8 Å². The topological polar surface area (TPSA) is 21.3 Å². The van der Waals surface area contributed by atoms with Crippen LogP contribution in [0.1, 0.15) is 30.3 Å². The van der Waals surface area contributed by atoms with Gasteiger partial charge in [0.25, 0.3) is 0 Å². The van der Waals surface area contributed by atoms with Gasteiger partial charge in [0.05, 0.1) is 12.1 Å². The third-order valence-electron chi connectivity index (χ3n) is 2.75. The third kappa shape index (κ3) is 2.80. The molecule has 1 rings (SSSR count). The van der Waals surface area contributed by atoms with E-state index in [1.165, 1.54) is 10.4 Å². The van der Waals surface area contributed by atoms with Gasteiger partial charge in [-0.3, -0.25) is 0 Å². The lowest BCUT2D eigenvalue weighted by Crippen LogP contribution is -2.34. The minimum Gasteiger partial charge on any atom is -0.379 e. The van der Waals surface area contributed by atoms with Crippen LogP contribution in [-0.4, -0.2) is 20.3 Å². The van der Waals surface area contributed by atoms with Crippen molar-refractivity contribution in [2.24, 2.45) is 5.92 Å². The Balaban J connectivity index is 2.92. The molecule has 0 aromatic carbocycles. The summed E-state index contributed by atoms with van der Waals surface area (Å²) < 4.78 is 5.59. The van der Waals surface area contributed by atoms with Crippen molar-refractivity contribution in [3.8, 4) is 0 Å². The van der Waals surface area contributed by atoms with E-state index in [-0.39, 0.29) is 6.10 Å². The van der Waals surface area contributed by atoms with Gasteiger partial charge in [0.2, 0.25) is 0 Å². The first-order valence-electron chi connectivity index (χ1n) is 5.35. The summed E-state index contributed by atoms with van der Waals surface area (Å²) in [4.78, 5) is 1.39. The molecule has 2 unspecified atom stereocenters. The predicted octanol–water partition coefficient (Wildman–Crippen LogP) is 2.99. The molecule has 0 fully saturated rings. The molecule has 2 nitrogen and oxygen atoms in total. The van der Waals surface area contributed by atoms with Crippen molar-refractivity contribution >= 4 is 11.3 Å². The van der Waals surface area contributed by atoms with E-state index >= 15 is 0 Å². The molecule has 0 amide bonds. The molecular weight excluding hydrogens is 206 g/mol. The molecule has 1 N–H and O–H groups in total. The Morgan fingerprint density at radius 2 is 2.07 bits per heavy atom. The van der Waals surface area contributed by atoms with Crippen LogP contribution in [0.3, 0.4) is 0 Å². The number of rotatable bonds is 5. The fourth-order valence-corrected chi connectivity index (χ4v) is 3.01. The SMILES string of the molecule is CNC(c1sccc1C)C(OC)C(C)C. The van der Waals surface area contributed by atoms with Crippen LogP contribution in [0, 0.1) is 12.8 Å². The van der Waals surface area contributed by atoms with Gasteiger partial charge in [0, 0.05) is 12.0 Å². The van der Waals surface area contributed by atoms with Crippen molar-refractivity contribution in [2.75, 3.05) is 14.2 Å². The average molecular weight is 227 g/mol. The zero-order valence-corrected chi connectivity index (χ0v) is 11.0. The molecule has 0 aliphatic heterocycles. The Kier molecular flexibility index (Phi) is 4.77. The summed E-state index contributed by atoms with van der Waals surface area (Å²) in [6.07, 6.45) is 0.229. The lowest BCUT2D eigenvalue weighted by molar-refractivity contribution is 0.0356. The fourth-order valence-electron chi connectivity index (χ4n) is 1.94. The number of likely N-dealkylation sites (N-methyl/N-ethyl adjacent to an activating group) is 1. The Hall–Kier alpha value is -0.380. The highest BCUT2D eigenvalue weighted by Crippen LogP contribution is 2.30. The number of thiophene rings is 1. The molecule has 0 saturated heterocycles. The first-order chi connectivity index (χ1) is 7.11. The van der Waals surface area contributed by atoms with E-state index in [0.29, 0.717) is 12.0 Å². The first-order valence-corrected chi connectivity index (χ1v) is 6.23. The average Bonchev–Trinajstić information content (AvgIpc) is 2.60. The quantitative estimate of drug-likeness (QED) is 0.835.